The molecule has 0 fully saturated rings. The zero-order valence-corrected chi connectivity index (χ0v) is 17.0. The largest absolute Gasteiger partial charge is 0.462 e. The lowest BCUT2D eigenvalue weighted by Gasteiger charge is -2.12. The van der Waals surface area contributed by atoms with Crippen LogP contribution in [0.4, 0.5) is 18.2 Å². The van der Waals surface area contributed by atoms with E-state index in [-0.39, 0.29) is 18.8 Å². The number of nitrogens with zero attached hydrogens (tertiary/aromatic N) is 2. The van der Waals surface area contributed by atoms with Crippen molar-refractivity contribution in [1.82, 2.24) is 9.78 Å². The van der Waals surface area contributed by atoms with E-state index in [9.17, 15) is 22.8 Å². The fourth-order valence-electron chi connectivity index (χ4n) is 3.25. The summed E-state index contributed by atoms with van der Waals surface area (Å²) in [6.07, 6.45) is -0.354. The molecule has 0 unspecified atom stereocenters. The van der Waals surface area contributed by atoms with Gasteiger partial charge >= 0.3 is 12.1 Å². The van der Waals surface area contributed by atoms with Gasteiger partial charge in [0, 0.05) is 10.6 Å². The molecule has 2 aromatic heterocycles. The van der Waals surface area contributed by atoms with Gasteiger partial charge in [-0.15, -0.1) is 11.3 Å². The third-order valence-corrected chi connectivity index (χ3v) is 5.84. The summed E-state index contributed by atoms with van der Waals surface area (Å²) in [7, 11) is 0. The Morgan fingerprint density at radius 3 is 2.69 bits per heavy atom. The first-order valence-corrected chi connectivity index (χ1v) is 10.3. The maximum atomic E-state index is 12.8. The zero-order valence-electron chi connectivity index (χ0n) is 16.2. The van der Waals surface area contributed by atoms with Crippen molar-refractivity contribution >= 4 is 28.2 Å². The molecule has 1 N–H and O–H groups in total. The molecule has 2 aromatic rings. The number of alkyl halides is 3. The van der Waals surface area contributed by atoms with Crippen molar-refractivity contribution in [3.63, 3.8) is 0 Å². The number of amides is 1. The number of carbonyl (C=O) groups is 2. The molecule has 10 heteroatoms. The van der Waals surface area contributed by atoms with Crippen LogP contribution in [-0.4, -0.2) is 28.3 Å². The third kappa shape index (κ3) is 4.80. The normalized spacial score (nSPS) is 13.8. The smallest absolute Gasteiger partial charge is 0.435 e. The van der Waals surface area contributed by atoms with Gasteiger partial charge in [0.15, 0.2) is 5.69 Å². The van der Waals surface area contributed by atoms with Gasteiger partial charge in [-0.2, -0.15) is 18.3 Å². The standard InChI is InChI=1S/C19H22F3N3O3S/c1-3-8-28-18(27)16-12-6-4-5-7-13(12)29-17(16)23-15(26)10-25-11(2)9-14(24-25)19(20,21)22/h9H,3-8,10H2,1-2H3,(H,23,26). The van der Waals surface area contributed by atoms with E-state index in [0.29, 0.717) is 17.0 Å². The molecule has 0 saturated heterocycles. The molecule has 0 saturated carbocycles. The molecule has 0 aliphatic heterocycles. The summed E-state index contributed by atoms with van der Waals surface area (Å²) in [5.74, 6) is -1.02. The summed E-state index contributed by atoms with van der Waals surface area (Å²) < 4.78 is 44.7. The summed E-state index contributed by atoms with van der Waals surface area (Å²) in [4.78, 5) is 26.1. The Morgan fingerprint density at radius 1 is 1.31 bits per heavy atom. The van der Waals surface area contributed by atoms with E-state index in [1.165, 1.54) is 18.3 Å². The highest BCUT2D eigenvalue weighted by Crippen LogP contribution is 2.38. The fraction of sp³-hybridized carbons (Fsp3) is 0.526. The first-order chi connectivity index (χ1) is 13.7. The second-order valence-corrected chi connectivity index (χ2v) is 8.03. The predicted octanol–water partition coefficient (Wildman–Crippen LogP) is 4.36. The SMILES string of the molecule is CCCOC(=O)c1c(NC(=O)Cn2nc(C(F)(F)F)cc2C)sc2c1CCCC2. The first kappa shape index (κ1) is 21.4. The van der Waals surface area contributed by atoms with Crippen LogP contribution in [0.25, 0.3) is 0 Å². The Labute approximate surface area is 170 Å². The van der Waals surface area contributed by atoms with Gasteiger partial charge in [0.1, 0.15) is 11.5 Å². The number of thiophene rings is 1. The summed E-state index contributed by atoms with van der Waals surface area (Å²) >= 11 is 1.33. The van der Waals surface area contributed by atoms with E-state index < -0.39 is 23.7 Å². The van der Waals surface area contributed by atoms with Crippen LogP contribution in [-0.2, 0) is 35.1 Å². The fourth-order valence-corrected chi connectivity index (χ4v) is 4.54. The number of hydrogen-bond donors (Lipinski definition) is 1. The average Bonchev–Trinajstić information content (AvgIpc) is 3.19. The number of halogens is 3. The van der Waals surface area contributed by atoms with E-state index >= 15 is 0 Å². The molecule has 0 aromatic carbocycles. The van der Waals surface area contributed by atoms with Crippen molar-refractivity contribution in [2.24, 2.45) is 0 Å². The van der Waals surface area contributed by atoms with Gasteiger partial charge in [0.05, 0.1) is 12.2 Å². The van der Waals surface area contributed by atoms with Crippen molar-refractivity contribution in [3.05, 3.63) is 33.5 Å². The highest BCUT2D eigenvalue weighted by Gasteiger charge is 2.34. The van der Waals surface area contributed by atoms with Crippen molar-refractivity contribution in [3.8, 4) is 0 Å². The quantitative estimate of drug-likeness (QED) is 0.693. The molecule has 1 aliphatic rings. The Bertz CT molecular complexity index is 918. The summed E-state index contributed by atoms with van der Waals surface area (Å²) in [6, 6.07) is 0.894. The topological polar surface area (TPSA) is 73.2 Å². The molecule has 0 spiro atoms. The van der Waals surface area contributed by atoms with Gasteiger partial charge in [0.25, 0.3) is 0 Å². The number of aromatic nitrogens is 2. The van der Waals surface area contributed by atoms with Gasteiger partial charge in [-0.05, 0) is 50.7 Å². The number of nitrogens with one attached hydrogen (secondary N) is 1. The van der Waals surface area contributed by atoms with Crippen molar-refractivity contribution in [1.29, 1.82) is 0 Å². The van der Waals surface area contributed by atoms with Crippen LogP contribution in [0.5, 0.6) is 0 Å². The molecule has 3 rings (SSSR count). The minimum atomic E-state index is -4.57. The minimum absolute atomic E-state index is 0.223. The molecule has 0 atom stereocenters. The highest BCUT2D eigenvalue weighted by molar-refractivity contribution is 7.17. The number of carbonyl (C=O) groups excluding carboxylic acids is 2. The molecule has 1 amide bonds. The molecule has 29 heavy (non-hydrogen) atoms. The molecular weight excluding hydrogens is 407 g/mol. The maximum Gasteiger partial charge on any atom is 0.435 e. The Morgan fingerprint density at radius 2 is 2.03 bits per heavy atom. The van der Waals surface area contributed by atoms with E-state index in [1.54, 1.807) is 0 Å². The summed E-state index contributed by atoms with van der Waals surface area (Å²) in [5.41, 5.74) is 0.464. The highest BCUT2D eigenvalue weighted by atomic mass is 32.1. The number of aryl methyl sites for hydroxylation is 2. The minimum Gasteiger partial charge on any atom is -0.462 e. The van der Waals surface area contributed by atoms with Crippen LogP contribution in [0, 0.1) is 6.92 Å². The van der Waals surface area contributed by atoms with E-state index in [2.05, 4.69) is 10.4 Å². The van der Waals surface area contributed by atoms with Crippen molar-refractivity contribution in [2.45, 2.75) is 58.7 Å². The lowest BCUT2D eigenvalue weighted by molar-refractivity contribution is -0.141. The van der Waals surface area contributed by atoms with Gasteiger partial charge < -0.3 is 10.1 Å². The van der Waals surface area contributed by atoms with Crippen molar-refractivity contribution in [2.75, 3.05) is 11.9 Å². The summed E-state index contributed by atoms with van der Waals surface area (Å²) in [6.45, 7) is 3.24. The number of fused-ring (bicyclic) bond motifs is 1. The van der Waals surface area contributed by atoms with Crippen LogP contribution in [0.3, 0.4) is 0 Å². The van der Waals surface area contributed by atoms with Crippen LogP contribution >= 0.6 is 11.3 Å². The third-order valence-electron chi connectivity index (χ3n) is 4.63. The first-order valence-electron chi connectivity index (χ1n) is 9.43. The number of anilines is 1. The van der Waals surface area contributed by atoms with Crippen LogP contribution in [0.2, 0.25) is 0 Å². The maximum absolute atomic E-state index is 12.8. The van der Waals surface area contributed by atoms with Gasteiger partial charge in [-0.25, -0.2) is 4.79 Å². The molecule has 158 valence electrons. The second-order valence-electron chi connectivity index (χ2n) is 6.93. The lowest BCUT2D eigenvalue weighted by atomic mass is 9.95. The molecular formula is C19H22F3N3O3S. The van der Waals surface area contributed by atoms with Crippen LogP contribution in [0.1, 0.15) is 58.4 Å². The summed E-state index contributed by atoms with van der Waals surface area (Å²) in [5, 5.41) is 6.55. The Kier molecular flexibility index (Phi) is 6.30. The van der Waals surface area contributed by atoms with E-state index in [0.717, 1.165) is 46.9 Å². The molecule has 6 nitrogen and oxygen atoms in total. The van der Waals surface area contributed by atoms with Gasteiger partial charge in [-0.1, -0.05) is 6.92 Å². The number of hydrogen-bond acceptors (Lipinski definition) is 5. The molecule has 0 radical (unpaired) electrons. The molecule has 2 heterocycles. The van der Waals surface area contributed by atoms with Gasteiger partial charge in [0.2, 0.25) is 5.91 Å². The predicted molar refractivity (Wildman–Crippen MR) is 102 cm³/mol. The number of ether oxygens (including phenoxy) is 1. The Balaban J connectivity index is 1.81. The monoisotopic (exact) mass is 429 g/mol. The van der Waals surface area contributed by atoms with E-state index in [1.807, 2.05) is 6.92 Å². The molecule has 1 aliphatic carbocycles. The number of rotatable bonds is 6. The van der Waals surface area contributed by atoms with Crippen LogP contribution < -0.4 is 5.32 Å². The van der Waals surface area contributed by atoms with Crippen LogP contribution in [0.15, 0.2) is 6.07 Å². The average molecular weight is 429 g/mol. The van der Waals surface area contributed by atoms with E-state index in [4.69, 9.17) is 4.74 Å². The molecule has 0 bridgehead atoms. The van der Waals surface area contributed by atoms with Crippen molar-refractivity contribution < 1.29 is 27.5 Å². The Hall–Kier alpha value is -2.36. The van der Waals surface area contributed by atoms with Gasteiger partial charge in [-0.3, -0.25) is 9.48 Å². The lowest BCUT2D eigenvalue weighted by Crippen LogP contribution is -2.22. The number of esters is 1. The second kappa shape index (κ2) is 8.56. The zero-order chi connectivity index (χ0) is 21.2.